The van der Waals surface area contributed by atoms with Gasteiger partial charge in [-0.25, -0.2) is 0 Å². The fourth-order valence-corrected chi connectivity index (χ4v) is 3.91. The molecule has 0 radical (unpaired) electrons. The van der Waals surface area contributed by atoms with E-state index in [1.807, 2.05) is 107 Å². The van der Waals surface area contributed by atoms with Gasteiger partial charge in [0, 0.05) is 18.5 Å². The molecule has 1 N–H and O–H groups in total. The van der Waals surface area contributed by atoms with E-state index in [1.54, 1.807) is 12.0 Å². The van der Waals surface area contributed by atoms with Gasteiger partial charge in [-0.05, 0) is 68.7 Å². The Hall–Kier alpha value is -3.80. The molecule has 0 spiro atoms. The van der Waals surface area contributed by atoms with Crippen LogP contribution in [0.5, 0.6) is 11.5 Å². The summed E-state index contributed by atoms with van der Waals surface area (Å²) in [4.78, 5) is 28.8. The van der Waals surface area contributed by atoms with E-state index < -0.39 is 11.6 Å². The number of nitrogens with one attached hydrogen (secondary N) is 1. The Morgan fingerprint density at radius 1 is 0.889 bits per heavy atom. The van der Waals surface area contributed by atoms with Crippen molar-refractivity contribution in [3.05, 3.63) is 95.6 Å². The van der Waals surface area contributed by atoms with E-state index in [4.69, 9.17) is 9.47 Å². The normalized spacial score (nSPS) is 11.9. The highest BCUT2D eigenvalue weighted by Crippen LogP contribution is 2.20. The van der Waals surface area contributed by atoms with Crippen molar-refractivity contribution in [2.45, 2.75) is 52.2 Å². The van der Waals surface area contributed by atoms with Gasteiger partial charge in [0.1, 0.15) is 17.5 Å². The van der Waals surface area contributed by atoms with Crippen molar-refractivity contribution in [2.75, 3.05) is 13.7 Å². The number of rotatable bonds is 10. The first kappa shape index (κ1) is 26.8. The molecule has 0 fully saturated rings. The second-order valence-electron chi connectivity index (χ2n) is 9.92. The summed E-state index contributed by atoms with van der Waals surface area (Å²) < 4.78 is 11.2. The number of carbonyl (C=O) groups is 2. The Morgan fingerprint density at radius 2 is 1.56 bits per heavy atom. The molecule has 0 aromatic heterocycles. The molecule has 3 aromatic carbocycles. The van der Waals surface area contributed by atoms with Gasteiger partial charge in [0.05, 0.1) is 7.11 Å². The average Bonchev–Trinajstić information content (AvgIpc) is 2.84. The monoisotopic (exact) mass is 488 g/mol. The van der Waals surface area contributed by atoms with Crippen molar-refractivity contribution in [1.82, 2.24) is 10.2 Å². The Morgan fingerprint density at radius 3 is 2.22 bits per heavy atom. The maximum Gasteiger partial charge on any atom is 0.261 e. The second-order valence-corrected chi connectivity index (χ2v) is 9.92. The number of methoxy groups -OCH3 is 1. The third-order valence-electron chi connectivity index (χ3n) is 5.61. The second kappa shape index (κ2) is 12.2. The van der Waals surface area contributed by atoms with Crippen molar-refractivity contribution in [1.29, 1.82) is 0 Å². The van der Waals surface area contributed by atoms with Crippen LogP contribution in [-0.2, 0) is 22.6 Å². The van der Waals surface area contributed by atoms with E-state index in [1.165, 1.54) is 0 Å². The fraction of sp³-hybridized carbons (Fsp3) is 0.333. The number of hydrogen-bond donors (Lipinski definition) is 1. The molecular formula is C30H36N2O4. The predicted octanol–water partition coefficient (Wildman–Crippen LogP) is 4.94. The van der Waals surface area contributed by atoms with Gasteiger partial charge in [-0.2, -0.15) is 0 Å². The summed E-state index contributed by atoms with van der Waals surface area (Å²) >= 11 is 0. The topological polar surface area (TPSA) is 67.9 Å². The van der Waals surface area contributed by atoms with Crippen LogP contribution in [0.3, 0.4) is 0 Å². The Balaban J connectivity index is 1.94. The lowest BCUT2D eigenvalue weighted by molar-refractivity contribution is -0.143. The molecule has 0 aliphatic rings. The van der Waals surface area contributed by atoms with Crippen LogP contribution in [0.4, 0.5) is 0 Å². The number of aryl methyl sites for hydroxylation is 1. The molecule has 0 aliphatic heterocycles. The lowest BCUT2D eigenvalue weighted by Crippen LogP contribution is -2.55. The molecule has 0 bridgehead atoms. The standard InChI is InChI=1S/C30H36N2O4/c1-22-11-9-16-26(17-22)36-21-28(33)32(20-24-14-10-15-25(18-24)35-5)27(29(34)31-30(2,3)4)19-23-12-7-6-8-13-23/h6-18,27H,19-21H2,1-5H3,(H,31,34)/t27-/m1/s1. The number of amides is 2. The predicted molar refractivity (Wildman–Crippen MR) is 142 cm³/mol. The zero-order valence-corrected chi connectivity index (χ0v) is 21.8. The smallest absolute Gasteiger partial charge is 0.261 e. The van der Waals surface area contributed by atoms with E-state index in [0.717, 1.165) is 16.7 Å². The minimum Gasteiger partial charge on any atom is -0.497 e. The molecule has 0 unspecified atom stereocenters. The van der Waals surface area contributed by atoms with Crippen LogP contribution in [0.1, 0.15) is 37.5 Å². The van der Waals surface area contributed by atoms with Crippen LogP contribution in [0.2, 0.25) is 0 Å². The SMILES string of the molecule is COc1cccc(CN(C(=O)COc2cccc(C)c2)[C@H](Cc2ccccc2)C(=O)NC(C)(C)C)c1. The summed E-state index contributed by atoms with van der Waals surface area (Å²) in [7, 11) is 1.60. The van der Waals surface area contributed by atoms with Crippen LogP contribution in [0.25, 0.3) is 0 Å². The summed E-state index contributed by atoms with van der Waals surface area (Å²) in [6.07, 6.45) is 0.378. The van der Waals surface area contributed by atoms with E-state index >= 15 is 0 Å². The highest BCUT2D eigenvalue weighted by molar-refractivity contribution is 5.89. The molecule has 0 aliphatic carbocycles. The highest BCUT2D eigenvalue weighted by Gasteiger charge is 2.32. The summed E-state index contributed by atoms with van der Waals surface area (Å²) in [6, 6.07) is 24.1. The van der Waals surface area contributed by atoms with Gasteiger partial charge in [0.15, 0.2) is 6.61 Å². The van der Waals surface area contributed by atoms with E-state index in [-0.39, 0.29) is 25.0 Å². The summed E-state index contributed by atoms with van der Waals surface area (Å²) in [5, 5.41) is 3.07. The van der Waals surface area contributed by atoms with Gasteiger partial charge >= 0.3 is 0 Å². The Kier molecular flexibility index (Phi) is 9.12. The quantitative estimate of drug-likeness (QED) is 0.439. The zero-order chi connectivity index (χ0) is 26.1. The van der Waals surface area contributed by atoms with E-state index in [2.05, 4.69) is 5.32 Å². The lowest BCUT2D eigenvalue weighted by atomic mass is 10.0. The highest BCUT2D eigenvalue weighted by atomic mass is 16.5. The molecular weight excluding hydrogens is 452 g/mol. The molecule has 190 valence electrons. The molecule has 0 saturated carbocycles. The maximum absolute atomic E-state index is 13.7. The van der Waals surface area contributed by atoms with Crippen molar-refractivity contribution in [3.63, 3.8) is 0 Å². The maximum atomic E-state index is 13.7. The van der Waals surface area contributed by atoms with Crippen molar-refractivity contribution in [2.24, 2.45) is 0 Å². The summed E-state index contributed by atoms with van der Waals surface area (Å²) in [5.74, 6) is 0.820. The van der Waals surface area contributed by atoms with Crippen LogP contribution in [0, 0.1) is 6.92 Å². The summed E-state index contributed by atoms with van der Waals surface area (Å²) in [6.45, 7) is 7.82. The molecule has 6 heteroatoms. The largest absolute Gasteiger partial charge is 0.497 e. The van der Waals surface area contributed by atoms with Crippen molar-refractivity contribution in [3.8, 4) is 11.5 Å². The molecule has 36 heavy (non-hydrogen) atoms. The summed E-state index contributed by atoms with van der Waals surface area (Å²) in [5.41, 5.74) is 2.42. The number of nitrogens with zero attached hydrogens (tertiary/aromatic N) is 1. The minimum atomic E-state index is -0.730. The number of carbonyl (C=O) groups excluding carboxylic acids is 2. The van der Waals surface area contributed by atoms with Gasteiger partial charge in [0.2, 0.25) is 5.91 Å². The molecule has 1 atom stereocenters. The Bertz CT molecular complexity index is 1150. The average molecular weight is 489 g/mol. The van der Waals surface area contributed by atoms with Crippen LogP contribution in [-0.4, -0.2) is 42.0 Å². The van der Waals surface area contributed by atoms with E-state index in [0.29, 0.717) is 17.9 Å². The first-order valence-electron chi connectivity index (χ1n) is 12.1. The zero-order valence-electron chi connectivity index (χ0n) is 21.8. The van der Waals surface area contributed by atoms with Gasteiger partial charge in [-0.3, -0.25) is 9.59 Å². The van der Waals surface area contributed by atoms with Crippen LogP contribution < -0.4 is 14.8 Å². The Labute approximate surface area is 214 Å². The third kappa shape index (κ3) is 8.15. The van der Waals surface area contributed by atoms with Gasteiger partial charge in [-0.1, -0.05) is 54.6 Å². The lowest BCUT2D eigenvalue weighted by Gasteiger charge is -2.33. The molecule has 3 aromatic rings. The molecule has 2 amide bonds. The minimum absolute atomic E-state index is 0.179. The fourth-order valence-electron chi connectivity index (χ4n) is 3.91. The number of ether oxygens (including phenoxy) is 2. The van der Waals surface area contributed by atoms with Gasteiger partial charge in [0.25, 0.3) is 5.91 Å². The van der Waals surface area contributed by atoms with Crippen molar-refractivity contribution >= 4 is 11.8 Å². The van der Waals surface area contributed by atoms with Gasteiger partial charge in [-0.15, -0.1) is 0 Å². The third-order valence-corrected chi connectivity index (χ3v) is 5.61. The first-order chi connectivity index (χ1) is 17.1. The number of hydrogen-bond acceptors (Lipinski definition) is 4. The van der Waals surface area contributed by atoms with E-state index in [9.17, 15) is 9.59 Å². The first-order valence-corrected chi connectivity index (χ1v) is 12.1. The molecule has 3 rings (SSSR count). The molecule has 0 saturated heterocycles. The number of benzene rings is 3. The van der Waals surface area contributed by atoms with Crippen molar-refractivity contribution < 1.29 is 19.1 Å². The molecule has 0 heterocycles. The molecule has 6 nitrogen and oxygen atoms in total. The van der Waals surface area contributed by atoms with Crippen LogP contribution in [0.15, 0.2) is 78.9 Å². The van der Waals surface area contributed by atoms with Gasteiger partial charge < -0.3 is 19.7 Å². The van der Waals surface area contributed by atoms with Crippen LogP contribution >= 0.6 is 0 Å².